The van der Waals surface area contributed by atoms with Crippen molar-refractivity contribution in [2.75, 3.05) is 22.9 Å². The van der Waals surface area contributed by atoms with Crippen molar-refractivity contribution in [3.63, 3.8) is 0 Å². The van der Waals surface area contributed by atoms with Gasteiger partial charge < -0.3 is 10.2 Å². The van der Waals surface area contributed by atoms with E-state index >= 15 is 0 Å². The van der Waals surface area contributed by atoms with Crippen LogP contribution in [-0.2, 0) is 16.1 Å². The van der Waals surface area contributed by atoms with Crippen LogP contribution in [0.15, 0.2) is 42.6 Å². The number of aromatic nitrogens is 1. The van der Waals surface area contributed by atoms with E-state index in [9.17, 15) is 14.0 Å². The average molecular weight is 400 g/mol. The quantitative estimate of drug-likeness (QED) is 0.754. The summed E-state index contributed by atoms with van der Waals surface area (Å²) in [6.45, 7) is 11.4. The van der Waals surface area contributed by atoms with Gasteiger partial charge in [0.15, 0.2) is 0 Å². The first-order valence-electron chi connectivity index (χ1n) is 9.74. The van der Waals surface area contributed by atoms with Crippen molar-refractivity contribution in [3.05, 3.63) is 54.0 Å². The molecule has 0 radical (unpaired) electrons. The van der Waals surface area contributed by atoms with Gasteiger partial charge in [0.2, 0.25) is 0 Å². The van der Waals surface area contributed by atoms with Crippen LogP contribution in [0.4, 0.5) is 15.9 Å². The molecule has 29 heavy (non-hydrogen) atoms. The highest BCUT2D eigenvalue weighted by Gasteiger charge is 2.27. The number of hydrogen-bond donors (Lipinski definition) is 1. The van der Waals surface area contributed by atoms with Crippen molar-refractivity contribution >= 4 is 23.3 Å². The Morgan fingerprint density at radius 2 is 1.66 bits per heavy atom. The zero-order valence-corrected chi connectivity index (χ0v) is 17.7. The number of halogens is 1. The maximum atomic E-state index is 13.3. The molecule has 6 nitrogen and oxygen atoms in total. The normalized spacial score (nSPS) is 11.1. The minimum Gasteiger partial charge on any atom is -0.357 e. The molecule has 0 aliphatic heterocycles. The van der Waals surface area contributed by atoms with Gasteiger partial charge in [0.1, 0.15) is 11.6 Å². The Kier molecular flexibility index (Phi) is 7.31. The van der Waals surface area contributed by atoms with E-state index in [1.807, 2.05) is 12.1 Å². The van der Waals surface area contributed by atoms with Gasteiger partial charge in [0.25, 0.3) is 0 Å². The van der Waals surface area contributed by atoms with Crippen molar-refractivity contribution in [2.24, 2.45) is 0 Å². The lowest BCUT2D eigenvalue weighted by atomic mass is 10.1. The second kappa shape index (κ2) is 9.49. The number of benzene rings is 1. The molecule has 156 valence electrons. The third-order valence-electron chi connectivity index (χ3n) is 4.30. The molecule has 0 aliphatic rings. The topological polar surface area (TPSA) is 65.5 Å². The summed E-state index contributed by atoms with van der Waals surface area (Å²) >= 11 is 0. The first-order chi connectivity index (χ1) is 13.6. The van der Waals surface area contributed by atoms with Crippen molar-refractivity contribution < 1.29 is 14.0 Å². The number of nitrogens with zero attached hydrogens (tertiary/aromatic N) is 3. The molecule has 0 bridgehead atoms. The van der Waals surface area contributed by atoms with Gasteiger partial charge in [0.05, 0.1) is 6.54 Å². The fourth-order valence-electron chi connectivity index (χ4n) is 2.85. The van der Waals surface area contributed by atoms with E-state index in [0.29, 0.717) is 5.69 Å². The molecule has 0 aliphatic carbocycles. The van der Waals surface area contributed by atoms with Crippen LogP contribution in [0.5, 0.6) is 0 Å². The molecule has 0 saturated heterocycles. The predicted molar refractivity (Wildman–Crippen MR) is 113 cm³/mol. The maximum absolute atomic E-state index is 13.3. The molecule has 1 aromatic heterocycles. The molecule has 0 saturated carbocycles. The molecule has 7 heteroatoms. The van der Waals surface area contributed by atoms with E-state index in [1.165, 1.54) is 29.2 Å². The van der Waals surface area contributed by atoms with Crippen LogP contribution < -0.4 is 15.1 Å². The average Bonchev–Trinajstić information content (AvgIpc) is 2.67. The fourth-order valence-corrected chi connectivity index (χ4v) is 2.85. The molecule has 1 heterocycles. The molecule has 0 spiro atoms. The minimum absolute atomic E-state index is 0.146. The van der Waals surface area contributed by atoms with Crippen LogP contribution >= 0.6 is 0 Å². The van der Waals surface area contributed by atoms with Crippen LogP contribution in [0.1, 0.15) is 40.2 Å². The van der Waals surface area contributed by atoms with Crippen LogP contribution in [0.3, 0.4) is 0 Å². The maximum Gasteiger partial charge on any atom is 0.316 e. The molecular formula is C22H29FN4O2. The zero-order valence-electron chi connectivity index (χ0n) is 17.7. The van der Waals surface area contributed by atoms with E-state index in [4.69, 9.17) is 0 Å². The lowest BCUT2D eigenvalue weighted by molar-refractivity contribution is -0.138. The Labute approximate surface area is 171 Å². The Hall–Kier alpha value is -2.96. The summed E-state index contributed by atoms with van der Waals surface area (Å²) < 4.78 is 13.3. The van der Waals surface area contributed by atoms with Crippen LogP contribution in [0.25, 0.3) is 0 Å². The highest BCUT2D eigenvalue weighted by molar-refractivity contribution is 6.40. The van der Waals surface area contributed by atoms with E-state index in [1.54, 1.807) is 27.0 Å². The van der Waals surface area contributed by atoms with Gasteiger partial charge in [-0.3, -0.25) is 14.5 Å². The summed E-state index contributed by atoms with van der Waals surface area (Å²) in [6.07, 6.45) is 1.69. The van der Waals surface area contributed by atoms with E-state index in [2.05, 4.69) is 29.0 Å². The number of nitrogens with one attached hydrogen (secondary N) is 1. The summed E-state index contributed by atoms with van der Waals surface area (Å²) in [6, 6.07) is 9.26. The van der Waals surface area contributed by atoms with Crippen molar-refractivity contribution in [2.45, 2.75) is 46.7 Å². The van der Waals surface area contributed by atoms with Gasteiger partial charge in [-0.05, 0) is 70.5 Å². The molecule has 0 fully saturated rings. The number of rotatable bonds is 6. The molecule has 2 aromatic rings. The monoisotopic (exact) mass is 400 g/mol. The van der Waals surface area contributed by atoms with E-state index < -0.39 is 23.2 Å². The highest BCUT2D eigenvalue weighted by Crippen LogP contribution is 2.20. The Morgan fingerprint density at radius 1 is 1.03 bits per heavy atom. The summed E-state index contributed by atoms with van der Waals surface area (Å²) in [5.74, 6) is -0.983. The third-order valence-corrected chi connectivity index (χ3v) is 4.30. The largest absolute Gasteiger partial charge is 0.357 e. The standard InChI is InChI=1S/C22H29FN4O2/c1-6-26(7-2)19-13-8-16(14-24-19)15-27(18-11-9-17(23)10-12-18)21(29)20(28)25-22(3,4)5/h8-14H,6-7,15H2,1-5H3,(H,25,28). The highest BCUT2D eigenvalue weighted by atomic mass is 19.1. The van der Waals surface area contributed by atoms with E-state index in [0.717, 1.165) is 24.5 Å². The Bertz CT molecular complexity index is 825. The number of hydrogen-bond acceptors (Lipinski definition) is 4. The van der Waals surface area contributed by atoms with E-state index in [-0.39, 0.29) is 6.54 Å². The first-order valence-corrected chi connectivity index (χ1v) is 9.74. The Morgan fingerprint density at radius 3 is 2.14 bits per heavy atom. The minimum atomic E-state index is -0.713. The van der Waals surface area contributed by atoms with Gasteiger partial charge in [-0.1, -0.05) is 6.07 Å². The number of anilines is 2. The molecule has 0 atom stereocenters. The third kappa shape index (κ3) is 6.27. The second-order valence-corrected chi connectivity index (χ2v) is 7.77. The first kappa shape index (κ1) is 22.3. The van der Waals surface area contributed by atoms with Crippen LogP contribution in [0, 0.1) is 5.82 Å². The van der Waals surface area contributed by atoms with Gasteiger partial charge in [-0.25, -0.2) is 9.37 Å². The van der Waals surface area contributed by atoms with Crippen LogP contribution in [0.2, 0.25) is 0 Å². The molecule has 2 amide bonds. The summed E-state index contributed by atoms with van der Waals surface area (Å²) in [5, 5.41) is 2.68. The number of pyridine rings is 1. The van der Waals surface area contributed by atoms with Gasteiger partial charge in [-0.2, -0.15) is 0 Å². The summed E-state index contributed by atoms with van der Waals surface area (Å²) in [4.78, 5) is 33.2. The van der Waals surface area contributed by atoms with Crippen LogP contribution in [-0.4, -0.2) is 35.4 Å². The summed E-state index contributed by atoms with van der Waals surface area (Å²) in [7, 11) is 0. The number of carbonyl (C=O) groups is 2. The van der Waals surface area contributed by atoms with Crippen molar-refractivity contribution in [1.29, 1.82) is 0 Å². The predicted octanol–water partition coefficient (Wildman–Crippen LogP) is 3.51. The molecule has 2 rings (SSSR count). The molecule has 1 aromatic carbocycles. The van der Waals surface area contributed by atoms with Gasteiger partial charge >= 0.3 is 11.8 Å². The fraction of sp³-hybridized carbons (Fsp3) is 0.409. The number of carbonyl (C=O) groups excluding carboxylic acids is 2. The van der Waals surface area contributed by atoms with Crippen molar-refractivity contribution in [3.8, 4) is 0 Å². The number of amides is 2. The van der Waals surface area contributed by atoms with Gasteiger partial charge in [0, 0.05) is 30.5 Å². The van der Waals surface area contributed by atoms with Gasteiger partial charge in [-0.15, -0.1) is 0 Å². The summed E-state index contributed by atoms with van der Waals surface area (Å²) in [5.41, 5.74) is 0.657. The zero-order chi connectivity index (χ0) is 21.6. The Balaban J connectivity index is 2.29. The SMILES string of the molecule is CCN(CC)c1ccc(CN(C(=O)C(=O)NC(C)(C)C)c2ccc(F)cc2)cn1. The van der Waals surface area contributed by atoms with Crippen molar-refractivity contribution in [1.82, 2.24) is 10.3 Å². The lowest BCUT2D eigenvalue weighted by Crippen LogP contribution is -2.49. The molecular weight excluding hydrogens is 371 g/mol. The molecule has 1 N–H and O–H groups in total. The second-order valence-electron chi connectivity index (χ2n) is 7.77. The smallest absolute Gasteiger partial charge is 0.316 e. The lowest BCUT2D eigenvalue weighted by Gasteiger charge is -2.26. The molecule has 0 unspecified atom stereocenters.